The van der Waals surface area contributed by atoms with Gasteiger partial charge in [0.05, 0.1) is 6.42 Å². The Balaban J connectivity index is 2.33. The van der Waals surface area contributed by atoms with Gasteiger partial charge in [0.2, 0.25) is 0 Å². The molecule has 2 aromatic rings. The van der Waals surface area contributed by atoms with Gasteiger partial charge in [-0.25, -0.2) is 0 Å². The summed E-state index contributed by atoms with van der Waals surface area (Å²) < 4.78 is 0. The molecule has 0 unspecified atom stereocenters. The van der Waals surface area contributed by atoms with Gasteiger partial charge in [0.15, 0.2) is 11.6 Å². The molecular weight excluding hydrogens is 284 g/mol. The van der Waals surface area contributed by atoms with Crippen molar-refractivity contribution in [1.29, 1.82) is 0 Å². The first-order chi connectivity index (χ1) is 10.9. The summed E-state index contributed by atoms with van der Waals surface area (Å²) in [4.78, 5) is 25.0. The van der Waals surface area contributed by atoms with Gasteiger partial charge in [-0.3, -0.25) is 9.59 Å². The summed E-state index contributed by atoms with van der Waals surface area (Å²) >= 11 is 0. The molecule has 2 heteroatoms. The third kappa shape index (κ3) is 3.95. The van der Waals surface area contributed by atoms with Crippen LogP contribution in [0.5, 0.6) is 0 Å². The van der Waals surface area contributed by atoms with Gasteiger partial charge in [0.25, 0.3) is 0 Å². The first kappa shape index (κ1) is 17.1. The first-order valence-corrected chi connectivity index (χ1v) is 8.16. The van der Waals surface area contributed by atoms with Gasteiger partial charge in [0.1, 0.15) is 0 Å². The second kappa shape index (κ2) is 7.36. The van der Waals surface area contributed by atoms with Crippen molar-refractivity contribution in [2.45, 2.75) is 46.0 Å². The second-order valence-corrected chi connectivity index (χ2v) is 6.51. The summed E-state index contributed by atoms with van der Waals surface area (Å²) in [6.07, 6.45) is -0.0781. The summed E-state index contributed by atoms with van der Waals surface area (Å²) in [5.74, 6) is 0.384. The number of hydrogen-bond acceptors (Lipinski definition) is 2. The van der Waals surface area contributed by atoms with Crippen LogP contribution in [0.25, 0.3) is 0 Å². The summed E-state index contributed by atoms with van der Waals surface area (Å²) in [7, 11) is 0. The highest BCUT2D eigenvalue weighted by Gasteiger charge is 2.21. The average molecular weight is 308 g/mol. The lowest BCUT2D eigenvalue weighted by molar-refractivity contribution is 0.0893. The van der Waals surface area contributed by atoms with E-state index in [1.807, 2.05) is 30.3 Å². The molecule has 2 aromatic carbocycles. The van der Waals surface area contributed by atoms with Crippen molar-refractivity contribution in [1.82, 2.24) is 0 Å². The molecule has 0 saturated carbocycles. The van der Waals surface area contributed by atoms with E-state index in [0.29, 0.717) is 17.0 Å². The zero-order valence-corrected chi connectivity index (χ0v) is 14.3. The summed E-state index contributed by atoms with van der Waals surface area (Å²) in [5, 5.41) is 0. The number of benzene rings is 2. The Kier molecular flexibility index (Phi) is 5.49. The zero-order valence-electron chi connectivity index (χ0n) is 14.3. The highest BCUT2D eigenvalue weighted by Crippen LogP contribution is 2.30. The number of rotatable bonds is 6. The van der Waals surface area contributed by atoms with Crippen LogP contribution in [0.1, 0.15) is 77.8 Å². The van der Waals surface area contributed by atoms with Crippen molar-refractivity contribution < 1.29 is 9.59 Å². The van der Waals surface area contributed by atoms with E-state index in [-0.39, 0.29) is 23.9 Å². The van der Waals surface area contributed by atoms with E-state index >= 15 is 0 Å². The van der Waals surface area contributed by atoms with Crippen LogP contribution in [0.3, 0.4) is 0 Å². The quantitative estimate of drug-likeness (QED) is 0.529. The molecule has 0 aliphatic carbocycles. The monoisotopic (exact) mass is 308 g/mol. The highest BCUT2D eigenvalue weighted by molar-refractivity contribution is 6.14. The van der Waals surface area contributed by atoms with Gasteiger partial charge in [-0.15, -0.1) is 0 Å². The van der Waals surface area contributed by atoms with Crippen molar-refractivity contribution >= 4 is 11.6 Å². The molecule has 0 heterocycles. The van der Waals surface area contributed by atoms with Gasteiger partial charge in [-0.1, -0.05) is 76.2 Å². The molecule has 23 heavy (non-hydrogen) atoms. The van der Waals surface area contributed by atoms with Crippen molar-refractivity contribution in [2.24, 2.45) is 0 Å². The molecule has 0 aromatic heterocycles. The molecule has 0 N–H and O–H groups in total. The third-order valence-corrected chi connectivity index (χ3v) is 4.06. The lowest BCUT2D eigenvalue weighted by Crippen LogP contribution is -2.13. The van der Waals surface area contributed by atoms with Gasteiger partial charge in [-0.2, -0.15) is 0 Å². The van der Waals surface area contributed by atoms with E-state index in [1.165, 1.54) is 5.56 Å². The predicted octanol–water partition coefficient (Wildman–Crippen LogP) is 5.39. The van der Waals surface area contributed by atoms with E-state index in [1.54, 1.807) is 12.1 Å². The Morgan fingerprint density at radius 1 is 0.783 bits per heavy atom. The van der Waals surface area contributed by atoms with E-state index in [2.05, 4.69) is 33.8 Å². The zero-order chi connectivity index (χ0) is 17.0. The summed E-state index contributed by atoms with van der Waals surface area (Å²) in [5.41, 5.74) is 3.55. The van der Waals surface area contributed by atoms with Crippen LogP contribution in [0.2, 0.25) is 0 Å². The van der Waals surface area contributed by atoms with E-state index in [9.17, 15) is 9.59 Å². The fraction of sp³-hybridized carbons (Fsp3) is 0.333. The fourth-order valence-corrected chi connectivity index (χ4v) is 2.94. The molecule has 120 valence electrons. The minimum atomic E-state index is -0.125. The molecule has 0 aliphatic heterocycles. The number of carbonyl (C=O) groups is 2. The minimum Gasteiger partial charge on any atom is -0.294 e. The van der Waals surface area contributed by atoms with Crippen LogP contribution in [-0.2, 0) is 0 Å². The average Bonchev–Trinajstić information content (AvgIpc) is 2.54. The van der Waals surface area contributed by atoms with Crippen molar-refractivity contribution in [3.05, 3.63) is 70.8 Å². The van der Waals surface area contributed by atoms with Gasteiger partial charge in [-0.05, 0) is 23.0 Å². The lowest BCUT2D eigenvalue weighted by Gasteiger charge is -2.19. The molecule has 2 nitrogen and oxygen atoms in total. The van der Waals surface area contributed by atoms with Gasteiger partial charge in [0, 0.05) is 11.1 Å². The smallest absolute Gasteiger partial charge is 0.170 e. The Labute approximate surface area is 138 Å². The maximum atomic E-state index is 12.7. The standard InChI is InChI=1S/C21H24O2/c1-14(2)17-11-8-12-18(21(17)15(3)4)20(23)13-19(22)16-9-6-5-7-10-16/h5-12,14-15H,13H2,1-4H3. The molecular formula is C21H24O2. The SMILES string of the molecule is CC(C)c1cccc(C(=O)CC(=O)c2ccccc2)c1C(C)C. The van der Waals surface area contributed by atoms with Crippen molar-refractivity contribution in [3.8, 4) is 0 Å². The van der Waals surface area contributed by atoms with Crippen LogP contribution < -0.4 is 0 Å². The highest BCUT2D eigenvalue weighted by atomic mass is 16.1. The molecule has 0 fully saturated rings. The maximum absolute atomic E-state index is 12.7. The second-order valence-electron chi connectivity index (χ2n) is 6.51. The van der Waals surface area contributed by atoms with Crippen LogP contribution in [0, 0.1) is 0 Å². The van der Waals surface area contributed by atoms with Gasteiger partial charge >= 0.3 is 0 Å². The van der Waals surface area contributed by atoms with E-state index in [4.69, 9.17) is 0 Å². The first-order valence-electron chi connectivity index (χ1n) is 8.16. The minimum absolute atomic E-state index is 0.0781. The third-order valence-electron chi connectivity index (χ3n) is 4.06. The summed E-state index contributed by atoms with van der Waals surface area (Å²) in [6, 6.07) is 14.8. The molecule has 0 saturated heterocycles. The maximum Gasteiger partial charge on any atom is 0.170 e. The molecule has 0 radical (unpaired) electrons. The largest absolute Gasteiger partial charge is 0.294 e. The van der Waals surface area contributed by atoms with Crippen LogP contribution in [0.15, 0.2) is 48.5 Å². The predicted molar refractivity (Wildman–Crippen MR) is 94.3 cm³/mol. The molecule has 0 atom stereocenters. The van der Waals surface area contributed by atoms with Crippen LogP contribution in [-0.4, -0.2) is 11.6 Å². The van der Waals surface area contributed by atoms with Crippen molar-refractivity contribution in [3.63, 3.8) is 0 Å². The van der Waals surface area contributed by atoms with Gasteiger partial charge < -0.3 is 0 Å². The van der Waals surface area contributed by atoms with Crippen LogP contribution in [0.4, 0.5) is 0 Å². The number of carbonyl (C=O) groups excluding carboxylic acids is 2. The number of ketones is 2. The van der Waals surface area contributed by atoms with E-state index < -0.39 is 0 Å². The fourth-order valence-electron chi connectivity index (χ4n) is 2.94. The molecule has 0 amide bonds. The Bertz CT molecular complexity index is 697. The Morgan fingerprint density at radius 2 is 1.43 bits per heavy atom. The van der Waals surface area contributed by atoms with Crippen molar-refractivity contribution in [2.75, 3.05) is 0 Å². The Morgan fingerprint density at radius 3 is 2.00 bits per heavy atom. The topological polar surface area (TPSA) is 34.1 Å². The summed E-state index contributed by atoms with van der Waals surface area (Å²) in [6.45, 7) is 8.45. The molecule has 0 spiro atoms. The van der Waals surface area contributed by atoms with E-state index in [0.717, 1.165) is 5.56 Å². The Hall–Kier alpha value is -2.22. The number of Topliss-reactive ketones (excluding diaryl/α,β-unsaturated/α-hetero) is 2. The normalized spacial score (nSPS) is 11.0. The lowest BCUT2D eigenvalue weighted by atomic mass is 9.84. The number of hydrogen-bond donors (Lipinski definition) is 0. The molecule has 2 rings (SSSR count). The van der Waals surface area contributed by atoms with Crippen LogP contribution >= 0.6 is 0 Å². The molecule has 0 bridgehead atoms. The molecule has 0 aliphatic rings.